The molecule has 226 valence electrons. The normalized spacial score (nSPS) is 19.8. The maximum Gasteiger partial charge on any atom is 0.416 e. The third-order valence-corrected chi connectivity index (χ3v) is 9.67. The predicted octanol–water partition coefficient (Wildman–Crippen LogP) is 5.99. The summed E-state index contributed by atoms with van der Waals surface area (Å²) in [6, 6.07) is 7.88. The molecule has 2 heterocycles. The van der Waals surface area contributed by atoms with Gasteiger partial charge in [0.15, 0.2) is 4.90 Å². The number of hydrogen-bond donors (Lipinski definition) is 1. The van der Waals surface area contributed by atoms with E-state index in [0.717, 1.165) is 37.7 Å². The van der Waals surface area contributed by atoms with Gasteiger partial charge in [-0.25, -0.2) is 27.2 Å². The van der Waals surface area contributed by atoms with E-state index in [0.29, 0.717) is 43.5 Å². The van der Waals surface area contributed by atoms with Crippen molar-refractivity contribution in [2.75, 3.05) is 36.8 Å². The lowest BCUT2D eigenvalue weighted by Gasteiger charge is -2.48. The van der Waals surface area contributed by atoms with Gasteiger partial charge in [-0.05, 0) is 93.9 Å². The standard InChI is InChI=1S/C29H32F5N5O2S/c1-38(2)28(11-8-19-4-7-22(20-5-6-20)23(14-19)29(32,33)34)10-3-13-39(17-28)21-15-24(30)27(25(31)16-21)42(40,41)37-26-9-12-35-18-36-26/h4,7,9,12,14-16,18,20H,3,5-6,8,10-11,13,17H2,1-2H3,(H,35,36,37)/t28-/m1/s1. The molecule has 1 N–H and O–H groups in total. The number of nitrogens with one attached hydrogen (secondary N) is 1. The number of benzene rings is 2. The van der Waals surface area contributed by atoms with Crippen LogP contribution in [0.25, 0.3) is 0 Å². The molecule has 1 saturated carbocycles. The van der Waals surface area contributed by atoms with E-state index < -0.39 is 43.8 Å². The Labute approximate surface area is 241 Å². The van der Waals surface area contributed by atoms with Crippen LogP contribution in [0.5, 0.6) is 0 Å². The van der Waals surface area contributed by atoms with E-state index >= 15 is 8.78 Å². The SMILES string of the molecule is CN(C)[C@@]1(CCc2ccc(C3CC3)c(C(F)(F)F)c2)CCCN(c2cc(F)c(S(=O)(=O)Nc3ccncn3)c(F)c2)C1. The number of aryl methyl sites for hydroxylation is 1. The molecular weight excluding hydrogens is 577 g/mol. The zero-order valence-electron chi connectivity index (χ0n) is 23.3. The minimum Gasteiger partial charge on any atom is -0.370 e. The number of likely N-dealkylation sites (N-methyl/N-ethyl adjacent to an activating group) is 1. The summed E-state index contributed by atoms with van der Waals surface area (Å²) in [5, 5.41) is 0. The molecule has 2 aromatic carbocycles. The molecule has 0 amide bonds. The lowest BCUT2D eigenvalue weighted by atomic mass is 9.82. The Morgan fingerprint density at radius 1 is 1.10 bits per heavy atom. The molecule has 0 bridgehead atoms. The second kappa shape index (κ2) is 11.4. The first kappa shape index (κ1) is 30.1. The van der Waals surface area contributed by atoms with Gasteiger partial charge in [0, 0.05) is 30.5 Å². The van der Waals surface area contributed by atoms with Gasteiger partial charge < -0.3 is 9.80 Å². The Bertz CT molecular complexity index is 1520. The number of anilines is 2. The van der Waals surface area contributed by atoms with E-state index in [1.54, 1.807) is 17.0 Å². The third-order valence-electron chi connectivity index (χ3n) is 8.26. The van der Waals surface area contributed by atoms with Gasteiger partial charge in [0.05, 0.1) is 5.56 Å². The second-order valence-electron chi connectivity index (χ2n) is 11.3. The fourth-order valence-corrected chi connectivity index (χ4v) is 6.91. The zero-order chi connectivity index (χ0) is 30.3. The Morgan fingerprint density at radius 3 is 2.40 bits per heavy atom. The first-order chi connectivity index (χ1) is 19.8. The summed E-state index contributed by atoms with van der Waals surface area (Å²) >= 11 is 0. The van der Waals surface area contributed by atoms with Crippen LogP contribution in [0, 0.1) is 11.6 Å². The molecule has 0 radical (unpaired) electrons. The Morgan fingerprint density at radius 2 is 1.81 bits per heavy atom. The molecule has 5 rings (SSSR count). The average molecular weight is 610 g/mol. The minimum absolute atomic E-state index is 0.0269. The lowest BCUT2D eigenvalue weighted by Crippen LogP contribution is -2.56. The van der Waals surface area contributed by atoms with Crippen LogP contribution in [0.2, 0.25) is 0 Å². The van der Waals surface area contributed by atoms with Crippen molar-refractivity contribution in [3.63, 3.8) is 0 Å². The number of sulfonamides is 1. The van der Waals surface area contributed by atoms with Crippen LogP contribution >= 0.6 is 0 Å². The summed E-state index contributed by atoms with van der Waals surface area (Å²) in [6.07, 6.45) is 1.84. The molecule has 0 unspecified atom stereocenters. The van der Waals surface area contributed by atoms with E-state index in [2.05, 4.69) is 14.7 Å². The topological polar surface area (TPSA) is 78.4 Å². The molecule has 13 heteroatoms. The van der Waals surface area contributed by atoms with Crippen LogP contribution in [0.3, 0.4) is 0 Å². The molecule has 0 spiro atoms. The number of rotatable bonds is 9. The van der Waals surface area contributed by atoms with E-state index in [1.807, 2.05) is 19.0 Å². The van der Waals surface area contributed by atoms with Gasteiger partial charge in [-0.2, -0.15) is 13.2 Å². The average Bonchev–Trinajstić information content (AvgIpc) is 3.77. The first-order valence-electron chi connectivity index (χ1n) is 13.7. The van der Waals surface area contributed by atoms with Crippen molar-refractivity contribution in [3.05, 3.63) is 77.2 Å². The summed E-state index contributed by atoms with van der Waals surface area (Å²) in [4.78, 5) is 10.1. The molecule has 1 aliphatic heterocycles. The molecule has 2 fully saturated rings. The van der Waals surface area contributed by atoms with Crippen LogP contribution in [-0.4, -0.2) is 56.0 Å². The molecule has 3 aromatic rings. The highest BCUT2D eigenvalue weighted by Gasteiger charge is 2.40. The van der Waals surface area contributed by atoms with Crippen molar-refractivity contribution < 1.29 is 30.4 Å². The van der Waals surface area contributed by atoms with Crippen molar-refractivity contribution in [1.82, 2.24) is 14.9 Å². The Hall–Kier alpha value is -3.32. The monoisotopic (exact) mass is 609 g/mol. The molecule has 42 heavy (non-hydrogen) atoms. The van der Waals surface area contributed by atoms with Crippen LogP contribution in [0.15, 0.2) is 53.8 Å². The smallest absolute Gasteiger partial charge is 0.370 e. The van der Waals surface area contributed by atoms with Gasteiger partial charge in [-0.15, -0.1) is 0 Å². The quantitative estimate of drug-likeness (QED) is 0.301. The number of hydrogen-bond acceptors (Lipinski definition) is 6. The van der Waals surface area contributed by atoms with Crippen LogP contribution in [0.1, 0.15) is 54.7 Å². The van der Waals surface area contributed by atoms with E-state index in [9.17, 15) is 21.6 Å². The highest BCUT2D eigenvalue weighted by atomic mass is 32.2. The Balaban J connectivity index is 1.36. The molecule has 7 nitrogen and oxygen atoms in total. The van der Waals surface area contributed by atoms with Crippen LogP contribution < -0.4 is 9.62 Å². The molecule has 2 aliphatic rings. The van der Waals surface area contributed by atoms with Gasteiger partial charge in [0.25, 0.3) is 10.0 Å². The number of piperidine rings is 1. The van der Waals surface area contributed by atoms with Crippen molar-refractivity contribution in [2.45, 2.75) is 61.1 Å². The summed E-state index contributed by atoms with van der Waals surface area (Å²) in [5.74, 6) is -2.66. The number of nitrogens with zero attached hydrogens (tertiary/aromatic N) is 4. The fourth-order valence-electron chi connectivity index (χ4n) is 5.78. The zero-order valence-corrected chi connectivity index (χ0v) is 24.1. The van der Waals surface area contributed by atoms with E-state index in [1.165, 1.54) is 18.3 Å². The predicted molar refractivity (Wildman–Crippen MR) is 149 cm³/mol. The van der Waals surface area contributed by atoms with Crippen molar-refractivity contribution in [3.8, 4) is 0 Å². The van der Waals surface area contributed by atoms with Crippen LogP contribution in [0.4, 0.5) is 33.5 Å². The number of halogens is 5. The van der Waals surface area contributed by atoms with Gasteiger partial charge >= 0.3 is 6.18 Å². The fraction of sp³-hybridized carbons (Fsp3) is 0.448. The van der Waals surface area contributed by atoms with E-state index in [4.69, 9.17) is 0 Å². The largest absolute Gasteiger partial charge is 0.416 e. The van der Waals surface area contributed by atoms with Gasteiger partial charge in [-0.1, -0.05) is 12.1 Å². The first-order valence-corrected chi connectivity index (χ1v) is 15.2. The number of aromatic nitrogens is 2. The maximum atomic E-state index is 15.2. The van der Waals surface area contributed by atoms with Crippen molar-refractivity contribution >= 4 is 21.5 Å². The highest BCUT2D eigenvalue weighted by Crippen LogP contribution is 2.46. The molecular formula is C29H32F5N5O2S. The van der Waals surface area contributed by atoms with Gasteiger partial charge in [-0.3, -0.25) is 4.72 Å². The van der Waals surface area contributed by atoms with Crippen molar-refractivity contribution in [1.29, 1.82) is 0 Å². The Kier molecular flexibility index (Phi) is 8.18. The summed E-state index contributed by atoms with van der Waals surface area (Å²) in [7, 11) is -0.843. The van der Waals surface area contributed by atoms with Gasteiger partial charge in [0.1, 0.15) is 23.8 Å². The highest BCUT2D eigenvalue weighted by molar-refractivity contribution is 7.92. The van der Waals surface area contributed by atoms with E-state index in [-0.39, 0.29) is 17.4 Å². The van der Waals surface area contributed by atoms with Crippen molar-refractivity contribution in [2.24, 2.45) is 0 Å². The summed E-state index contributed by atoms with van der Waals surface area (Å²) < 4.78 is 99.4. The summed E-state index contributed by atoms with van der Waals surface area (Å²) in [6.45, 7) is 0.838. The maximum absolute atomic E-state index is 15.2. The van der Waals surface area contributed by atoms with Crippen LogP contribution in [-0.2, 0) is 22.6 Å². The molecule has 1 aromatic heterocycles. The van der Waals surface area contributed by atoms with Gasteiger partial charge in [0.2, 0.25) is 0 Å². The lowest BCUT2D eigenvalue weighted by molar-refractivity contribution is -0.138. The third kappa shape index (κ3) is 6.36. The number of alkyl halides is 3. The molecule has 1 aliphatic carbocycles. The summed E-state index contributed by atoms with van der Waals surface area (Å²) in [5.41, 5.74) is 0.0805. The minimum atomic E-state index is -4.61. The molecule has 1 atom stereocenters. The second-order valence-corrected chi connectivity index (χ2v) is 12.9. The molecule has 1 saturated heterocycles.